The van der Waals surface area contributed by atoms with Crippen LogP contribution in [0.25, 0.3) is 0 Å². The number of alkyl halides is 1. The molecule has 94 valence electrons. The molecule has 1 aromatic carbocycles. The molecule has 0 spiro atoms. The lowest BCUT2D eigenvalue weighted by molar-refractivity contribution is 0.412. The highest BCUT2D eigenvalue weighted by molar-refractivity contribution is 7.86. The van der Waals surface area contributed by atoms with E-state index in [1.807, 2.05) is 0 Å². The summed E-state index contributed by atoms with van der Waals surface area (Å²) in [6.45, 7) is 0. The van der Waals surface area contributed by atoms with Crippen molar-refractivity contribution in [3.63, 3.8) is 0 Å². The van der Waals surface area contributed by atoms with Crippen LogP contribution in [-0.4, -0.2) is 31.8 Å². The summed E-state index contributed by atoms with van der Waals surface area (Å²) >= 11 is 5.43. The van der Waals surface area contributed by atoms with Crippen molar-refractivity contribution >= 4 is 33.2 Å². The van der Waals surface area contributed by atoms with Crippen molar-refractivity contribution in [2.75, 3.05) is 13.0 Å². The molecule has 0 bridgehead atoms. The smallest absolute Gasteiger partial charge is 0.296 e. The quantitative estimate of drug-likeness (QED) is 0.372. The summed E-state index contributed by atoms with van der Waals surface area (Å²) in [5.74, 6) is 0.277. The minimum atomic E-state index is -4.41. The molecule has 3 N–H and O–H groups in total. The lowest BCUT2D eigenvalue weighted by atomic mass is 10.3. The van der Waals surface area contributed by atoms with Crippen LogP contribution in [0.2, 0.25) is 0 Å². The molecule has 0 amide bonds. The van der Waals surface area contributed by atoms with Gasteiger partial charge in [0.2, 0.25) is 0 Å². The van der Waals surface area contributed by atoms with Gasteiger partial charge in [0, 0.05) is 6.07 Å². The number of amidine groups is 1. The van der Waals surface area contributed by atoms with Gasteiger partial charge in [0.1, 0.15) is 16.5 Å². The number of aliphatic imine (C=N–C) groups is 1. The standard InChI is InChI=1S/C9H11ClN2O4S/c1-16-6-2-3-7(12-9(11)5-10)8(4-6)17(13,14)15/h2-4H,5H2,1H3,(H2,11,12)(H,13,14,15). The molecule has 0 saturated heterocycles. The molecule has 0 atom stereocenters. The summed E-state index contributed by atoms with van der Waals surface area (Å²) < 4.78 is 36.2. The molecule has 0 radical (unpaired) electrons. The van der Waals surface area contributed by atoms with E-state index in [1.54, 1.807) is 0 Å². The second kappa shape index (κ2) is 5.35. The third-order valence-electron chi connectivity index (χ3n) is 1.85. The minimum absolute atomic E-state index is 0.00597. The van der Waals surface area contributed by atoms with Crippen molar-refractivity contribution in [2.45, 2.75) is 4.90 Å². The van der Waals surface area contributed by atoms with E-state index in [2.05, 4.69) is 4.99 Å². The molecule has 1 rings (SSSR count). The van der Waals surface area contributed by atoms with Gasteiger partial charge in [0.05, 0.1) is 18.7 Å². The number of rotatable bonds is 4. The van der Waals surface area contributed by atoms with Crippen LogP contribution in [0.15, 0.2) is 28.1 Å². The predicted molar refractivity (Wildman–Crippen MR) is 64.8 cm³/mol. The fourth-order valence-electron chi connectivity index (χ4n) is 1.10. The Morgan fingerprint density at radius 2 is 2.24 bits per heavy atom. The fraction of sp³-hybridized carbons (Fsp3) is 0.222. The van der Waals surface area contributed by atoms with E-state index >= 15 is 0 Å². The Balaban J connectivity index is 3.41. The highest BCUT2D eigenvalue weighted by atomic mass is 35.5. The first-order valence-corrected chi connectivity index (χ1v) is 6.40. The van der Waals surface area contributed by atoms with Crippen LogP contribution in [0, 0.1) is 0 Å². The van der Waals surface area contributed by atoms with Crippen molar-refractivity contribution in [2.24, 2.45) is 10.7 Å². The monoisotopic (exact) mass is 278 g/mol. The van der Waals surface area contributed by atoms with E-state index < -0.39 is 10.1 Å². The van der Waals surface area contributed by atoms with Crippen LogP contribution in [-0.2, 0) is 10.1 Å². The Kier molecular flexibility index (Phi) is 4.33. The first-order chi connectivity index (χ1) is 7.88. The van der Waals surface area contributed by atoms with Crippen molar-refractivity contribution in [1.82, 2.24) is 0 Å². The van der Waals surface area contributed by atoms with Gasteiger partial charge in [-0.25, -0.2) is 4.99 Å². The highest BCUT2D eigenvalue weighted by Crippen LogP contribution is 2.28. The van der Waals surface area contributed by atoms with Crippen LogP contribution < -0.4 is 10.5 Å². The van der Waals surface area contributed by atoms with E-state index in [9.17, 15) is 8.42 Å². The SMILES string of the molecule is COc1ccc(N=C(N)CCl)c(S(=O)(=O)O)c1. The molecule has 6 nitrogen and oxygen atoms in total. The van der Waals surface area contributed by atoms with Gasteiger partial charge < -0.3 is 10.5 Å². The van der Waals surface area contributed by atoms with Gasteiger partial charge in [-0.1, -0.05) is 0 Å². The van der Waals surface area contributed by atoms with Gasteiger partial charge in [-0.3, -0.25) is 4.55 Å². The summed E-state index contributed by atoms with van der Waals surface area (Å²) in [5.41, 5.74) is 5.40. The number of hydrogen-bond donors (Lipinski definition) is 2. The van der Waals surface area contributed by atoms with E-state index in [0.29, 0.717) is 0 Å². The first-order valence-electron chi connectivity index (χ1n) is 4.43. The van der Waals surface area contributed by atoms with Gasteiger partial charge in [0.25, 0.3) is 10.1 Å². The van der Waals surface area contributed by atoms with Crippen molar-refractivity contribution in [3.8, 4) is 5.75 Å². The number of benzene rings is 1. The van der Waals surface area contributed by atoms with E-state index in [0.717, 1.165) is 6.07 Å². The second-order valence-electron chi connectivity index (χ2n) is 3.05. The number of nitrogens with two attached hydrogens (primary N) is 1. The summed E-state index contributed by atoms with van der Waals surface area (Å²) in [5, 5.41) is 0. The molecular weight excluding hydrogens is 268 g/mol. The molecule has 0 unspecified atom stereocenters. The Hall–Kier alpha value is -1.31. The third-order valence-corrected chi connectivity index (χ3v) is 3.00. The number of nitrogens with zero attached hydrogens (tertiary/aromatic N) is 1. The Morgan fingerprint density at radius 1 is 1.59 bits per heavy atom. The lowest BCUT2D eigenvalue weighted by Gasteiger charge is -2.06. The summed E-state index contributed by atoms with van der Waals surface area (Å²) in [6, 6.07) is 4.01. The van der Waals surface area contributed by atoms with Gasteiger partial charge in [0.15, 0.2) is 0 Å². The number of hydrogen-bond acceptors (Lipinski definition) is 4. The largest absolute Gasteiger partial charge is 0.497 e. The lowest BCUT2D eigenvalue weighted by Crippen LogP contribution is -2.12. The zero-order valence-corrected chi connectivity index (χ0v) is 10.5. The molecular formula is C9H11ClN2O4S. The molecule has 0 fully saturated rings. The summed E-state index contributed by atoms with van der Waals surface area (Å²) in [6.07, 6.45) is 0. The molecule has 17 heavy (non-hydrogen) atoms. The van der Waals surface area contributed by atoms with Crippen LogP contribution in [0.3, 0.4) is 0 Å². The normalized spacial score (nSPS) is 12.5. The van der Waals surface area contributed by atoms with Crippen LogP contribution in [0.4, 0.5) is 5.69 Å². The molecule has 0 heterocycles. The predicted octanol–water partition coefficient (Wildman–Crippen LogP) is 1.17. The zero-order chi connectivity index (χ0) is 13.1. The second-order valence-corrected chi connectivity index (χ2v) is 4.70. The maximum absolute atomic E-state index is 11.1. The van der Waals surface area contributed by atoms with Crippen molar-refractivity contribution < 1.29 is 17.7 Å². The maximum atomic E-state index is 11.1. The average molecular weight is 279 g/mol. The molecule has 0 aliphatic rings. The van der Waals surface area contributed by atoms with Crippen LogP contribution >= 0.6 is 11.6 Å². The fourth-order valence-corrected chi connectivity index (χ4v) is 1.81. The van der Waals surface area contributed by atoms with Crippen molar-refractivity contribution in [3.05, 3.63) is 18.2 Å². The number of methoxy groups -OCH3 is 1. The van der Waals surface area contributed by atoms with Crippen molar-refractivity contribution in [1.29, 1.82) is 0 Å². The summed E-state index contributed by atoms with van der Waals surface area (Å²) in [7, 11) is -3.03. The minimum Gasteiger partial charge on any atom is -0.497 e. The van der Waals surface area contributed by atoms with Gasteiger partial charge in [-0.2, -0.15) is 8.42 Å². The number of ether oxygens (including phenoxy) is 1. The summed E-state index contributed by atoms with van der Waals surface area (Å²) in [4.78, 5) is 3.40. The zero-order valence-electron chi connectivity index (χ0n) is 8.92. The molecule has 0 aliphatic carbocycles. The van der Waals surface area contributed by atoms with Gasteiger partial charge in [-0.05, 0) is 12.1 Å². The van der Waals surface area contributed by atoms with E-state index in [4.69, 9.17) is 26.6 Å². The Morgan fingerprint density at radius 3 is 2.71 bits per heavy atom. The molecule has 0 aliphatic heterocycles. The highest BCUT2D eigenvalue weighted by Gasteiger charge is 2.16. The molecule has 0 aromatic heterocycles. The Bertz CT molecular complexity index is 542. The Labute approximate surface area is 104 Å². The molecule has 1 aromatic rings. The maximum Gasteiger partial charge on any atom is 0.296 e. The molecule has 8 heteroatoms. The van der Waals surface area contributed by atoms with Crippen LogP contribution in [0.1, 0.15) is 0 Å². The third kappa shape index (κ3) is 3.58. The average Bonchev–Trinajstić information content (AvgIpc) is 2.28. The van der Waals surface area contributed by atoms with Gasteiger partial charge >= 0.3 is 0 Å². The van der Waals surface area contributed by atoms with E-state index in [1.165, 1.54) is 19.2 Å². The van der Waals surface area contributed by atoms with Gasteiger partial charge in [-0.15, -0.1) is 11.6 Å². The molecule has 0 saturated carbocycles. The number of halogens is 1. The topological polar surface area (TPSA) is 102 Å². The van der Waals surface area contributed by atoms with Crippen LogP contribution in [0.5, 0.6) is 5.75 Å². The van der Waals surface area contributed by atoms with E-state index in [-0.39, 0.29) is 28.0 Å². The first kappa shape index (κ1) is 13.8.